The monoisotopic (exact) mass is 251 g/mol. The smallest absolute Gasteiger partial charge is 0.339 e. The van der Waals surface area contributed by atoms with Gasteiger partial charge in [-0.05, 0) is 44.7 Å². The van der Waals surface area contributed by atoms with Crippen molar-refractivity contribution in [3.63, 3.8) is 0 Å². The van der Waals surface area contributed by atoms with Gasteiger partial charge in [-0.15, -0.1) is 0 Å². The van der Waals surface area contributed by atoms with Crippen LogP contribution in [0.25, 0.3) is 0 Å². The zero-order valence-electron chi connectivity index (χ0n) is 11.1. The summed E-state index contributed by atoms with van der Waals surface area (Å²) in [5.74, 6) is 0.473. The molecule has 1 aliphatic rings. The second kappa shape index (κ2) is 5.57. The lowest BCUT2D eigenvalue weighted by molar-refractivity contribution is 0.0691. The SMILES string of the molecule is CC1CCC(N(C)Cc2occc2C(=O)O)CC1. The summed E-state index contributed by atoms with van der Waals surface area (Å²) in [6.45, 7) is 2.87. The molecule has 1 saturated carbocycles. The van der Waals surface area contributed by atoms with E-state index < -0.39 is 5.97 Å². The first-order valence-electron chi connectivity index (χ1n) is 6.58. The summed E-state index contributed by atoms with van der Waals surface area (Å²) in [6, 6.07) is 2.07. The molecule has 0 aromatic carbocycles. The highest BCUT2D eigenvalue weighted by Crippen LogP contribution is 2.27. The lowest BCUT2D eigenvalue weighted by atomic mass is 9.87. The van der Waals surface area contributed by atoms with E-state index in [0.29, 0.717) is 18.3 Å². The molecule has 1 aromatic heterocycles. The van der Waals surface area contributed by atoms with E-state index in [-0.39, 0.29) is 5.56 Å². The van der Waals surface area contributed by atoms with Gasteiger partial charge in [0.15, 0.2) is 0 Å². The predicted octanol–water partition coefficient (Wildman–Crippen LogP) is 2.99. The van der Waals surface area contributed by atoms with Crippen LogP contribution in [0.3, 0.4) is 0 Å². The van der Waals surface area contributed by atoms with Gasteiger partial charge in [0.25, 0.3) is 0 Å². The largest absolute Gasteiger partial charge is 0.478 e. The molecular weight excluding hydrogens is 230 g/mol. The van der Waals surface area contributed by atoms with Gasteiger partial charge in [-0.3, -0.25) is 4.90 Å². The molecule has 0 atom stereocenters. The summed E-state index contributed by atoms with van der Waals surface area (Å²) in [4.78, 5) is 13.2. The number of nitrogens with zero attached hydrogens (tertiary/aromatic N) is 1. The fraction of sp³-hybridized carbons (Fsp3) is 0.643. The van der Waals surface area contributed by atoms with E-state index in [2.05, 4.69) is 18.9 Å². The van der Waals surface area contributed by atoms with Crippen molar-refractivity contribution in [2.45, 2.75) is 45.2 Å². The minimum Gasteiger partial charge on any atom is -0.478 e. The van der Waals surface area contributed by atoms with E-state index in [1.165, 1.54) is 38.0 Å². The third-order valence-corrected chi connectivity index (χ3v) is 3.98. The molecule has 0 unspecified atom stereocenters. The van der Waals surface area contributed by atoms with E-state index in [1.807, 2.05) is 0 Å². The van der Waals surface area contributed by atoms with Gasteiger partial charge in [0.1, 0.15) is 11.3 Å². The minimum atomic E-state index is -0.913. The van der Waals surface area contributed by atoms with Gasteiger partial charge in [0.2, 0.25) is 0 Å². The molecule has 1 N–H and O–H groups in total. The van der Waals surface area contributed by atoms with Crippen LogP contribution >= 0.6 is 0 Å². The van der Waals surface area contributed by atoms with Crippen LogP contribution in [-0.4, -0.2) is 29.1 Å². The minimum absolute atomic E-state index is 0.283. The Hall–Kier alpha value is -1.29. The molecule has 4 nitrogen and oxygen atoms in total. The highest BCUT2D eigenvalue weighted by molar-refractivity contribution is 5.88. The quantitative estimate of drug-likeness (QED) is 0.893. The number of carbonyl (C=O) groups is 1. The number of hydrogen-bond acceptors (Lipinski definition) is 3. The van der Waals surface area contributed by atoms with Crippen LogP contribution in [-0.2, 0) is 6.54 Å². The Morgan fingerprint density at radius 3 is 2.72 bits per heavy atom. The zero-order valence-corrected chi connectivity index (χ0v) is 11.1. The molecule has 18 heavy (non-hydrogen) atoms. The lowest BCUT2D eigenvalue weighted by Crippen LogP contribution is -2.34. The van der Waals surface area contributed by atoms with Gasteiger partial charge >= 0.3 is 5.97 Å². The molecule has 1 aliphatic carbocycles. The van der Waals surface area contributed by atoms with Crippen molar-refractivity contribution < 1.29 is 14.3 Å². The average molecular weight is 251 g/mol. The second-order valence-electron chi connectivity index (χ2n) is 5.39. The van der Waals surface area contributed by atoms with Crippen molar-refractivity contribution in [2.24, 2.45) is 5.92 Å². The van der Waals surface area contributed by atoms with Crippen LogP contribution in [0.2, 0.25) is 0 Å². The number of hydrogen-bond donors (Lipinski definition) is 1. The standard InChI is InChI=1S/C14H21NO3/c1-10-3-5-11(6-4-10)15(2)9-13-12(14(16)17)7-8-18-13/h7-8,10-11H,3-6,9H2,1-2H3,(H,16,17). The first kappa shape index (κ1) is 13.1. The molecule has 100 valence electrons. The maximum atomic E-state index is 11.0. The molecule has 0 amide bonds. The van der Waals surface area contributed by atoms with Crippen molar-refractivity contribution in [3.8, 4) is 0 Å². The molecular formula is C14H21NO3. The number of furan rings is 1. The van der Waals surface area contributed by atoms with E-state index >= 15 is 0 Å². The molecule has 1 heterocycles. The number of rotatable bonds is 4. The van der Waals surface area contributed by atoms with E-state index in [0.717, 1.165) is 5.92 Å². The molecule has 2 rings (SSSR count). The van der Waals surface area contributed by atoms with Crippen LogP contribution in [0, 0.1) is 5.92 Å². The molecule has 0 radical (unpaired) electrons. The topological polar surface area (TPSA) is 53.7 Å². The molecule has 0 bridgehead atoms. The van der Waals surface area contributed by atoms with Gasteiger partial charge in [0.05, 0.1) is 12.8 Å². The van der Waals surface area contributed by atoms with Crippen molar-refractivity contribution in [2.75, 3.05) is 7.05 Å². The van der Waals surface area contributed by atoms with E-state index in [9.17, 15) is 4.79 Å². The van der Waals surface area contributed by atoms with Crippen molar-refractivity contribution in [1.29, 1.82) is 0 Å². The number of carboxylic acid groups (broad SMARTS) is 1. The number of carboxylic acids is 1. The predicted molar refractivity (Wildman–Crippen MR) is 68.6 cm³/mol. The van der Waals surface area contributed by atoms with Crippen LogP contribution in [0.15, 0.2) is 16.7 Å². The Bertz CT molecular complexity index is 405. The molecule has 1 aromatic rings. The summed E-state index contributed by atoms with van der Waals surface area (Å²) in [5.41, 5.74) is 0.283. The average Bonchev–Trinajstić information content (AvgIpc) is 2.78. The van der Waals surface area contributed by atoms with Gasteiger partial charge in [-0.1, -0.05) is 6.92 Å². The Kier molecular flexibility index (Phi) is 4.07. The van der Waals surface area contributed by atoms with Crippen LogP contribution in [0.4, 0.5) is 0 Å². The fourth-order valence-corrected chi connectivity index (χ4v) is 2.69. The summed E-state index contributed by atoms with van der Waals surface area (Å²) in [5, 5.41) is 9.03. The third kappa shape index (κ3) is 2.93. The van der Waals surface area contributed by atoms with Crippen molar-refractivity contribution in [1.82, 2.24) is 4.90 Å². The van der Waals surface area contributed by atoms with Crippen LogP contribution in [0.5, 0.6) is 0 Å². The van der Waals surface area contributed by atoms with E-state index in [4.69, 9.17) is 9.52 Å². The third-order valence-electron chi connectivity index (χ3n) is 3.98. The zero-order chi connectivity index (χ0) is 13.1. The summed E-state index contributed by atoms with van der Waals surface area (Å²) in [7, 11) is 2.05. The van der Waals surface area contributed by atoms with Crippen LogP contribution < -0.4 is 0 Å². The maximum absolute atomic E-state index is 11.0. The molecule has 0 aliphatic heterocycles. The Morgan fingerprint density at radius 2 is 2.11 bits per heavy atom. The Labute approximate surface area is 108 Å². The van der Waals surface area contributed by atoms with Gasteiger partial charge < -0.3 is 9.52 Å². The van der Waals surface area contributed by atoms with Gasteiger partial charge in [-0.2, -0.15) is 0 Å². The molecule has 0 spiro atoms. The lowest BCUT2D eigenvalue weighted by Gasteiger charge is -2.33. The number of aromatic carboxylic acids is 1. The summed E-state index contributed by atoms with van der Waals surface area (Å²) >= 11 is 0. The first-order chi connectivity index (χ1) is 8.58. The summed E-state index contributed by atoms with van der Waals surface area (Å²) in [6.07, 6.45) is 6.37. The molecule has 0 saturated heterocycles. The second-order valence-corrected chi connectivity index (χ2v) is 5.39. The highest BCUT2D eigenvalue weighted by atomic mass is 16.4. The first-order valence-corrected chi connectivity index (χ1v) is 6.58. The van der Waals surface area contributed by atoms with Gasteiger partial charge in [-0.25, -0.2) is 4.79 Å². The highest BCUT2D eigenvalue weighted by Gasteiger charge is 2.23. The maximum Gasteiger partial charge on any atom is 0.339 e. The van der Waals surface area contributed by atoms with Crippen molar-refractivity contribution in [3.05, 3.63) is 23.7 Å². The van der Waals surface area contributed by atoms with E-state index in [1.54, 1.807) is 0 Å². The normalized spacial score (nSPS) is 24.4. The Morgan fingerprint density at radius 1 is 1.44 bits per heavy atom. The van der Waals surface area contributed by atoms with Gasteiger partial charge in [0, 0.05) is 6.04 Å². The fourth-order valence-electron chi connectivity index (χ4n) is 2.69. The van der Waals surface area contributed by atoms with Crippen LogP contribution in [0.1, 0.15) is 48.7 Å². The molecule has 4 heteroatoms. The Balaban J connectivity index is 1.96. The molecule has 1 fully saturated rings. The summed E-state index contributed by atoms with van der Waals surface area (Å²) < 4.78 is 5.29. The van der Waals surface area contributed by atoms with Crippen molar-refractivity contribution >= 4 is 5.97 Å².